The molecule has 3 nitrogen and oxygen atoms in total. The van der Waals surface area contributed by atoms with Crippen molar-refractivity contribution in [1.29, 1.82) is 0 Å². The van der Waals surface area contributed by atoms with Crippen molar-refractivity contribution in [2.24, 2.45) is 0 Å². The molecule has 4 heteroatoms. The van der Waals surface area contributed by atoms with E-state index in [9.17, 15) is 4.79 Å². The lowest BCUT2D eigenvalue weighted by Gasteiger charge is -2.36. The van der Waals surface area contributed by atoms with E-state index in [0.29, 0.717) is 5.02 Å². The molecule has 1 saturated heterocycles. The van der Waals surface area contributed by atoms with E-state index in [1.165, 1.54) is 12.8 Å². The topological polar surface area (TPSA) is 23.6 Å². The molecule has 96 valence electrons. The summed E-state index contributed by atoms with van der Waals surface area (Å²) < 4.78 is 0. The van der Waals surface area contributed by atoms with Gasteiger partial charge in [-0.05, 0) is 31.0 Å². The highest BCUT2D eigenvalue weighted by molar-refractivity contribution is 6.31. The Balaban J connectivity index is 1.74. The number of nitrogens with zero attached hydrogens (tertiary/aromatic N) is 2. The van der Waals surface area contributed by atoms with Gasteiger partial charge in [-0.15, -0.1) is 0 Å². The van der Waals surface area contributed by atoms with Gasteiger partial charge in [-0.2, -0.15) is 0 Å². The van der Waals surface area contributed by atoms with Gasteiger partial charge in [0.25, 0.3) is 0 Å². The average molecular weight is 265 g/mol. The van der Waals surface area contributed by atoms with Gasteiger partial charge in [0.15, 0.2) is 6.29 Å². The number of hydrogen-bond donors (Lipinski definition) is 0. The van der Waals surface area contributed by atoms with Gasteiger partial charge in [0, 0.05) is 48.5 Å². The number of anilines is 1. The quantitative estimate of drug-likeness (QED) is 0.784. The van der Waals surface area contributed by atoms with Gasteiger partial charge < -0.3 is 4.90 Å². The van der Waals surface area contributed by atoms with E-state index in [2.05, 4.69) is 9.80 Å². The van der Waals surface area contributed by atoms with Crippen LogP contribution >= 0.6 is 11.6 Å². The fourth-order valence-electron chi connectivity index (χ4n) is 2.66. The van der Waals surface area contributed by atoms with Crippen LogP contribution in [-0.4, -0.2) is 43.4 Å². The van der Waals surface area contributed by atoms with Crippen LogP contribution in [0.2, 0.25) is 5.02 Å². The molecule has 1 saturated carbocycles. The third-order valence-corrected chi connectivity index (χ3v) is 4.07. The summed E-state index contributed by atoms with van der Waals surface area (Å²) in [5.41, 5.74) is 1.72. The lowest BCUT2D eigenvalue weighted by molar-refractivity contribution is 0.112. The lowest BCUT2D eigenvalue weighted by Crippen LogP contribution is -2.47. The van der Waals surface area contributed by atoms with E-state index >= 15 is 0 Å². The number of carbonyl (C=O) groups is 1. The molecule has 1 aromatic rings. The molecule has 1 aliphatic heterocycles. The number of piperazine rings is 1. The van der Waals surface area contributed by atoms with E-state index in [-0.39, 0.29) is 0 Å². The molecule has 1 aliphatic carbocycles. The Morgan fingerprint density at radius 3 is 2.50 bits per heavy atom. The minimum absolute atomic E-state index is 0.695. The SMILES string of the molecule is O=Cc1ccc(Cl)cc1N1CCN(C2CC2)CC1. The molecule has 0 atom stereocenters. The van der Waals surface area contributed by atoms with Crippen LogP contribution in [0.25, 0.3) is 0 Å². The summed E-state index contributed by atoms with van der Waals surface area (Å²) in [5, 5.41) is 0.695. The molecule has 0 bridgehead atoms. The summed E-state index contributed by atoms with van der Waals surface area (Å²) in [7, 11) is 0. The van der Waals surface area contributed by atoms with E-state index in [1.807, 2.05) is 6.07 Å². The van der Waals surface area contributed by atoms with Gasteiger partial charge in [-0.25, -0.2) is 0 Å². The Morgan fingerprint density at radius 2 is 1.89 bits per heavy atom. The number of aldehydes is 1. The van der Waals surface area contributed by atoms with Crippen LogP contribution in [0.3, 0.4) is 0 Å². The van der Waals surface area contributed by atoms with Crippen molar-refractivity contribution in [1.82, 2.24) is 4.90 Å². The van der Waals surface area contributed by atoms with Gasteiger partial charge in [0.05, 0.1) is 0 Å². The summed E-state index contributed by atoms with van der Waals surface area (Å²) in [6, 6.07) is 6.31. The summed E-state index contributed by atoms with van der Waals surface area (Å²) in [4.78, 5) is 15.9. The summed E-state index contributed by atoms with van der Waals surface area (Å²) in [6.45, 7) is 4.15. The van der Waals surface area contributed by atoms with Crippen molar-refractivity contribution in [2.45, 2.75) is 18.9 Å². The lowest BCUT2D eigenvalue weighted by atomic mass is 10.1. The standard InChI is InChI=1S/C14H17ClN2O/c15-12-2-1-11(10-18)14(9-12)17-7-5-16(6-8-17)13-3-4-13/h1-2,9-10,13H,3-8H2. The molecule has 0 amide bonds. The molecule has 0 unspecified atom stereocenters. The molecule has 2 aliphatic rings. The predicted octanol–water partition coefficient (Wildman–Crippen LogP) is 2.44. The van der Waals surface area contributed by atoms with Crippen LogP contribution in [0, 0.1) is 0 Å². The second-order valence-electron chi connectivity index (χ2n) is 5.08. The summed E-state index contributed by atoms with van der Waals surface area (Å²) >= 11 is 6.03. The number of carbonyl (C=O) groups excluding carboxylic acids is 1. The van der Waals surface area contributed by atoms with E-state index in [4.69, 9.17) is 11.6 Å². The van der Waals surface area contributed by atoms with Crippen molar-refractivity contribution < 1.29 is 4.79 Å². The van der Waals surface area contributed by atoms with Crippen LogP contribution in [0.5, 0.6) is 0 Å². The van der Waals surface area contributed by atoms with Crippen LogP contribution in [0.15, 0.2) is 18.2 Å². The first-order valence-corrected chi connectivity index (χ1v) is 6.89. The highest BCUT2D eigenvalue weighted by Crippen LogP contribution is 2.30. The molecule has 0 N–H and O–H groups in total. The van der Waals surface area contributed by atoms with Crippen LogP contribution in [0.4, 0.5) is 5.69 Å². The molecule has 1 aromatic carbocycles. The molecular formula is C14H17ClN2O. The molecule has 3 rings (SSSR count). The molecule has 1 heterocycles. The first-order valence-electron chi connectivity index (χ1n) is 6.51. The minimum Gasteiger partial charge on any atom is -0.368 e. The van der Waals surface area contributed by atoms with Crippen LogP contribution < -0.4 is 4.90 Å². The number of halogens is 1. The minimum atomic E-state index is 0.695. The Hall–Kier alpha value is -1.06. The third kappa shape index (κ3) is 2.38. The Morgan fingerprint density at radius 1 is 1.17 bits per heavy atom. The maximum Gasteiger partial charge on any atom is 0.152 e. The van der Waals surface area contributed by atoms with Gasteiger partial charge >= 0.3 is 0 Å². The normalized spacial score (nSPS) is 21.1. The molecule has 0 radical (unpaired) electrons. The predicted molar refractivity (Wildman–Crippen MR) is 73.6 cm³/mol. The average Bonchev–Trinajstić information content (AvgIpc) is 3.23. The second kappa shape index (κ2) is 4.90. The van der Waals surface area contributed by atoms with Crippen LogP contribution in [-0.2, 0) is 0 Å². The number of rotatable bonds is 3. The van der Waals surface area contributed by atoms with Crippen molar-refractivity contribution in [3.63, 3.8) is 0 Å². The number of hydrogen-bond acceptors (Lipinski definition) is 3. The highest BCUT2D eigenvalue weighted by Gasteiger charge is 2.31. The van der Waals surface area contributed by atoms with E-state index in [0.717, 1.165) is 49.8 Å². The molecule has 0 aromatic heterocycles. The Kier molecular flexibility index (Phi) is 3.27. The van der Waals surface area contributed by atoms with Crippen LogP contribution in [0.1, 0.15) is 23.2 Å². The van der Waals surface area contributed by atoms with Gasteiger partial charge in [0.2, 0.25) is 0 Å². The summed E-state index contributed by atoms with van der Waals surface area (Å²) in [5.74, 6) is 0. The van der Waals surface area contributed by atoms with Crippen molar-refractivity contribution in [2.75, 3.05) is 31.1 Å². The molecule has 2 fully saturated rings. The van der Waals surface area contributed by atoms with Gasteiger partial charge in [0.1, 0.15) is 0 Å². The first-order chi connectivity index (χ1) is 8.78. The van der Waals surface area contributed by atoms with Gasteiger partial charge in [-0.3, -0.25) is 9.69 Å². The Bertz CT molecular complexity index is 451. The summed E-state index contributed by atoms with van der Waals surface area (Å²) in [6.07, 6.45) is 3.63. The maximum atomic E-state index is 11.1. The van der Waals surface area contributed by atoms with Crippen molar-refractivity contribution in [3.8, 4) is 0 Å². The zero-order chi connectivity index (χ0) is 12.5. The molecule has 18 heavy (non-hydrogen) atoms. The molecule has 0 spiro atoms. The van der Waals surface area contributed by atoms with Crippen molar-refractivity contribution in [3.05, 3.63) is 28.8 Å². The fourth-order valence-corrected chi connectivity index (χ4v) is 2.82. The van der Waals surface area contributed by atoms with E-state index < -0.39 is 0 Å². The monoisotopic (exact) mass is 264 g/mol. The largest absolute Gasteiger partial charge is 0.368 e. The Labute approximate surface area is 112 Å². The van der Waals surface area contributed by atoms with Gasteiger partial charge in [-0.1, -0.05) is 11.6 Å². The van der Waals surface area contributed by atoms with Crippen molar-refractivity contribution >= 4 is 23.6 Å². The van der Waals surface area contributed by atoms with E-state index in [1.54, 1.807) is 12.1 Å². The fraction of sp³-hybridized carbons (Fsp3) is 0.500. The molecular weight excluding hydrogens is 248 g/mol. The zero-order valence-corrected chi connectivity index (χ0v) is 11.1. The number of benzene rings is 1. The third-order valence-electron chi connectivity index (χ3n) is 3.84. The zero-order valence-electron chi connectivity index (χ0n) is 10.3. The maximum absolute atomic E-state index is 11.1. The first kappa shape index (κ1) is 12.0. The smallest absolute Gasteiger partial charge is 0.152 e. The second-order valence-corrected chi connectivity index (χ2v) is 5.51. The highest BCUT2D eigenvalue weighted by atomic mass is 35.5.